The summed E-state index contributed by atoms with van der Waals surface area (Å²) in [6.45, 7) is 6.21. The van der Waals surface area contributed by atoms with Crippen molar-refractivity contribution in [1.29, 1.82) is 0 Å². The molecule has 3 N–H and O–H groups in total. The Morgan fingerprint density at radius 1 is 0.906 bits per heavy atom. The normalized spacial score (nSPS) is 41.5. The molecule has 0 saturated heterocycles. The molecule has 0 heterocycles. The molecule has 4 aliphatic carbocycles. The molecule has 4 fully saturated rings. The first-order valence-corrected chi connectivity index (χ1v) is 14.6. The van der Waals surface area contributed by atoms with Gasteiger partial charge in [0.05, 0.1) is 4.90 Å². The zero-order valence-electron chi connectivity index (χ0n) is 20.0. The average molecular weight is 459 g/mol. The number of hydrogen-bond acceptors (Lipinski definition) is 3. The van der Waals surface area contributed by atoms with E-state index in [0.29, 0.717) is 16.9 Å². The van der Waals surface area contributed by atoms with Crippen molar-refractivity contribution in [2.75, 3.05) is 6.54 Å². The molecular formula is C27H42N2O2S. The predicted molar refractivity (Wildman–Crippen MR) is 130 cm³/mol. The van der Waals surface area contributed by atoms with Crippen LogP contribution in [-0.2, 0) is 16.4 Å². The lowest BCUT2D eigenvalue weighted by Crippen LogP contribution is -2.55. The van der Waals surface area contributed by atoms with Crippen LogP contribution >= 0.6 is 0 Å². The van der Waals surface area contributed by atoms with Gasteiger partial charge < -0.3 is 5.32 Å². The molecule has 178 valence electrons. The van der Waals surface area contributed by atoms with E-state index in [2.05, 4.69) is 19.2 Å². The highest BCUT2D eigenvalue weighted by Crippen LogP contribution is 2.66. The molecule has 4 saturated carbocycles. The Morgan fingerprint density at radius 3 is 2.41 bits per heavy atom. The van der Waals surface area contributed by atoms with Crippen molar-refractivity contribution in [3.63, 3.8) is 0 Å². The average Bonchev–Trinajstić information content (AvgIpc) is 3.09. The van der Waals surface area contributed by atoms with Gasteiger partial charge in [0, 0.05) is 6.04 Å². The Bertz CT molecular complexity index is 929. The van der Waals surface area contributed by atoms with Crippen LogP contribution in [0, 0.1) is 34.5 Å². The maximum Gasteiger partial charge on any atom is 0.238 e. The van der Waals surface area contributed by atoms with E-state index in [4.69, 9.17) is 5.14 Å². The minimum Gasteiger partial charge on any atom is -0.313 e. The third-order valence-corrected chi connectivity index (χ3v) is 11.6. The second-order valence-corrected chi connectivity index (χ2v) is 13.5. The second kappa shape index (κ2) is 8.39. The molecule has 7 atom stereocenters. The second-order valence-electron chi connectivity index (χ2n) is 12.0. The highest BCUT2D eigenvalue weighted by molar-refractivity contribution is 7.89. The number of sulfonamides is 1. The SMILES string of the molecule is C[C@]12CC[C@H]3[C@@H](CCC4CCCC[C@@]43C)[C@@H]1CC[C@@H]2NCCc1ccc(S(N)(=O)=O)cc1. The molecule has 1 aromatic carbocycles. The van der Waals surface area contributed by atoms with Crippen molar-refractivity contribution in [3.8, 4) is 0 Å². The molecule has 0 spiro atoms. The lowest BCUT2D eigenvalue weighted by atomic mass is 9.45. The summed E-state index contributed by atoms with van der Waals surface area (Å²) in [5, 5.41) is 9.15. The molecular weight excluding hydrogens is 416 g/mol. The molecule has 0 aromatic heterocycles. The summed E-state index contributed by atoms with van der Waals surface area (Å²) in [5.41, 5.74) is 2.23. The maximum atomic E-state index is 11.5. The van der Waals surface area contributed by atoms with Crippen molar-refractivity contribution < 1.29 is 8.42 Å². The standard InChI is InChI=1S/C27H42N2O2S/c1-26-16-4-3-5-20(26)8-11-22-23-12-13-25(27(23,2)17-14-24(22)26)29-18-15-19-6-9-21(10-7-19)32(28,30)31/h6-7,9-10,20,22-25,29H,3-5,8,11-18H2,1-2H3,(H2,28,30,31)/t20?,22-,23-,24-,25-,26-,27-/m0/s1. The third-order valence-electron chi connectivity index (χ3n) is 10.6. The Balaban J connectivity index is 1.21. The van der Waals surface area contributed by atoms with Crippen LogP contribution in [-0.4, -0.2) is 21.0 Å². The summed E-state index contributed by atoms with van der Waals surface area (Å²) in [5.74, 6) is 3.81. The number of primary sulfonamides is 1. The summed E-state index contributed by atoms with van der Waals surface area (Å²) >= 11 is 0. The van der Waals surface area contributed by atoms with E-state index in [9.17, 15) is 8.42 Å². The van der Waals surface area contributed by atoms with Crippen LogP contribution < -0.4 is 10.5 Å². The quantitative estimate of drug-likeness (QED) is 0.631. The number of benzene rings is 1. The number of nitrogens with two attached hydrogens (primary N) is 1. The molecule has 32 heavy (non-hydrogen) atoms. The van der Waals surface area contributed by atoms with Gasteiger partial charge in [-0.3, -0.25) is 0 Å². The van der Waals surface area contributed by atoms with Crippen LogP contribution in [0.5, 0.6) is 0 Å². The fourth-order valence-corrected chi connectivity index (χ4v) is 9.38. The van der Waals surface area contributed by atoms with E-state index in [1.165, 1.54) is 64.2 Å². The molecule has 5 heteroatoms. The van der Waals surface area contributed by atoms with Crippen LogP contribution in [0.4, 0.5) is 0 Å². The lowest BCUT2D eigenvalue weighted by molar-refractivity contribution is -0.107. The van der Waals surface area contributed by atoms with Gasteiger partial charge in [-0.05, 0) is 117 Å². The molecule has 0 amide bonds. The Morgan fingerprint density at radius 2 is 1.66 bits per heavy atom. The number of fused-ring (bicyclic) bond motifs is 5. The van der Waals surface area contributed by atoms with Crippen molar-refractivity contribution in [1.82, 2.24) is 5.32 Å². The minimum absolute atomic E-state index is 0.193. The van der Waals surface area contributed by atoms with Gasteiger partial charge in [-0.25, -0.2) is 13.6 Å². The molecule has 1 aromatic rings. The fraction of sp³-hybridized carbons (Fsp3) is 0.778. The van der Waals surface area contributed by atoms with Gasteiger partial charge in [0.25, 0.3) is 0 Å². The van der Waals surface area contributed by atoms with Gasteiger partial charge in [-0.1, -0.05) is 38.8 Å². The van der Waals surface area contributed by atoms with E-state index in [1.54, 1.807) is 12.1 Å². The minimum atomic E-state index is -3.61. The zero-order chi connectivity index (χ0) is 22.6. The monoisotopic (exact) mass is 458 g/mol. The van der Waals surface area contributed by atoms with E-state index >= 15 is 0 Å². The summed E-state index contributed by atoms with van der Waals surface area (Å²) < 4.78 is 22.9. The van der Waals surface area contributed by atoms with E-state index < -0.39 is 10.0 Å². The topological polar surface area (TPSA) is 72.2 Å². The van der Waals surface area contributed by atoms with Crippen LogP contribution in [0.1, 0.15) is 83.6 Å². The van der Waals surface area contributed by atoms with Gasteiger partial charge >= 0.3 is 0 Å². The summed E-state index contributed by atoms with van der Waals surface area (Å²) in [7, 11) is -3.61. The van der Waals surface area contributed by atoms with Gasteiger partial charge in [0.1, 0.15) is 0 Å². The molecule has 4 nitrogen and oxygen atoms in total. The lowest BCUT2D eigenvalue weighted by Gasteiger charge is -2.60. The third kappa shape index (κ3) is 3.86. The highest BCUT2D eigenvalue weighted by Gasteiger charge is 2.59. The first kappa shape index (κ1) is 22.9. The fourth-order valence-electron chi connectivity index (χ4n) is 8.87. The van der Waals surface area contributed by atoms with E-state index in [0.717, 1.165) is 42.2 Å². The van der Waals surface area contributed by atoms with Crippen molar-refractivity contribution in [2.24, 2.45) is 39.6 Å². The van der Waals surface area contributed by atoms with Crippen LogP contribution in [0.2, 0.25) is 0 Å². The van der Waals surface area contributed by atoms with Crippen molar-refractivity contribution >= 4 is 10.0 Å². The largest absolute Gasteiger partial charge is 0.313 e. The zero-order valence-corrected chi connectivity index (χ0v) is 20.8. The van der Waals surface area contributed by atoms with Gasteiger partial charge in [0.2, 0.25) is 10.0 Å². The summed E-state index contributed by atoms with van der Waals surface area (Å²) in [6.07, 6.45) is 15.3. The smallest absolute Gasteiger partial charge is 0.238 e. The maximum absolute atomic E-state index is 11.5. The predicted octanol–water partition coefficient (Wildman–Crippen LogP) is 5.27. The summed E-state index contributed by atoms with van der Waals surface area (Å²) in [4.78, 5) is 0.193. The Labute approximate surface area is 195 Å². The Hall–Kier alpha value is -0.910. The number of rotatable bonds is 5. The van der Waals surface area contributed by atoms with Gasteiger partial charge in [-0.15, -0.1) is 0 Å². The molecule has 4 aliphatic rings. The van der Waals surface area contributed by atoms with Crippen molar-refractivity contribution in [3.05, 3.63) is 29.8 Å². The molecule has 0 radical (unpaired) electrons. The van der Waals surface area contributed by atoms with E-state index in [1.807, 2.05) is 12.1 Å². The highest BCUT2D eigenvalue weighted by atomic mass is 32.2. The number of nitrogens with one attached hydrogen (secondary N) is 1. The Kier molecular flexibility index (Phi) is 5.99. The first-order chi connectivity index (χ1) is 15.2. The van der Waals surface area contributed by atoms with Gasteiger partial charge in [-0.2, -0.15) is 0 Å². The van der Waals surface area contributed by atoms with Crippen LogP contribution in [0.3, 0.4) is 0 Å². The molecule has 1 unspecified atom stereocenters. The van der Waals surface area contributed by atoms with E-state index in [-0.39, 0.29) is 4.90 Å². The molecule has 5 rings (SSSR count). The summed E-state index contributed by atoms with van der Waals surface area (Å²) in [6, 6.07) is 7.67. The van der Waals surface area contributed by atoms with Crippen molar-refractivity contribution in [2.45, 2.75) is 95.4 Å². The molecule has 0 aliphatic heterocycles. The van der Waals surface area contributed by atoms with Crippen LogP contribution in [0.25, 0.3) is 0 Å². The first-order valence-electron chi connectivity index (χ1n) is 13.1. The number of hydrogen-bond donors (Lipinski definition) is 2. The van der Waals surface area contributed by atoms with Gasteiger partial charge in [0.15, 0.2) is 0 Å². The van der Waals surface area contributed by atoms with Crippen LogP contribution in [0.15, 0.2) is 29.2 Å². The molecule has 0 bridgehead atoms.